The van der Waals surface area contributed by atoms with Crippen molar-refractivity contribution in [2.45, 2.75) is 13.8 Å². The summed E-state index contributed by atoms with van der Waals surface area (Å²) in [6.45, 7) is 4.25. The predicted molar refractivity (Wildman–Crippen MR) is 73.6 cm³/mol. The van der Waals surface area contributed by atoms with Gasteiger partial charge in [0, 0.05) is 20.1 Å². The molecule has 99 valence electrons. The van der Waals surface area contributed by atoms with Crippen LogP contribution in [0.25, 0.3) is 22.6 Å². The van der Waals surface area contributed by atoms with E-state index in [1.165, 1.54) is 16.7 Å². The topological polar surface area (TPSA) is 26.0 Å². The fourth-order valence-corrected chi connectivity index (χ4v) is 2.92. The smallest absolute Gasteiger partial charge is 0.141 e. The van der Waals surface area contributed by atoms with Crippen LogP contribution in [0.5, 0.6) is 0 Å². The zero-order chi connectivity index (χ0) is 12.5. The van der Waals surface area contributed by atoms with Crippen LogP contribution in [-0.2, 0) is 20.1 Å². The molecule has 0 saturated carbocycles. The fraction of sp³-hybridized carbons (Fsp3) is 0.133. The Kier molecular flexibility index (Phi) is 4.35. The van der Waals surface area contributed by atoms with Crippen molar-refractivity contribution < 1.29 is 24.5 Å². The predicted octanol–water partition coefficient (Wildman–Crippen LogP) is 4.48. The maximum atomic E-state index is 5.38. The van der Waals surface area contributed by atoms with Gasteiger partial charge in [-0.25, -0.2) is 0 Å². The number of aryl methyl sites for hydroxylation is 2. The second kappa shape index (κ2) is 5.83. The maximum Gasteiger partial charge on any atom is 0.141 e. The third-order valence-corrected chi connectivity index (χ3v) is 3.68. The van der Waals surface area contributed by atoms with E-state index < -0.39 is 0 Å². The molecule has 3 aromatic rings. The third-order valence-electron chi connectivity index (χ3n) is 3.00. The zero-order valence-corrected chi connectivity index (χ0v) is 13.8. The number of hydrogen-bond acceptors (Lipinski definition) is 3. The van der Waals surface area contributed by atoms with Crippen LogP contribution < -0.4 is 0 Å². The van der Waals surface area contributed by atoms with Crippen molar-refractivity contribution in [1.82, 2.24) is 4.98 Å². The van der Waals surface area contributed by atoms with Crippen molar-refractivity contribution in [3.63, 3.8) is 0 Å². The molecular weight excluding hydrogens is 434 g/mol. The molecule has 1 radical (unpaired) electrons. The van der Waals surface area contributed by atoms with Crippen LogP contribution in [0, 0.1) is 19.2 Å². The van der Waals surface area contributed by atoms with Gasteiger partial charge in [-0.2, -0.15) is 0 Å². The number of thiophene rings is 1. The van der Waals surface area contributed by atoms with Crippen molar-refractivity contribution in [3.8, 4) is 22.6 Å². The number of hydrogen-bond donors (Lipinski definition) is 0. The first-order valence-electron chi connectivity index (χ1n) is 5.73. The molecule has 3 rings (SSSR count). The number of aromatic nitrogens is 1. The van der Waals surface area contributed by atoms with E-state index in [1.807, 2.05) is 0 Å². The SMILES string of the molecule is Cc1cccc(C)c1-c1cs[c-]c1-c1ncco1.[Ir]. The van der Waals surface area contributed by atoms with Crippen LogP contribution >= 0.6 is 11.3 Å². The first kappa shape index (κ1) is 14.2. The number of oxazole rings is 1. The molecule has 0 aliphatic carbocycles. The molecule has 0 aliphatic heterocycles. The van der Waals surface area contributed by atoms with E-state index in [0.29, 0.717) is 5.89 Å². The fourth-order valence-electron chi connectivity index (χ4n) is 2.19. The number of rotatable bonds is 2. The summed E-state index contributed by atoms with van der Waals surface area (Å²) in [5.41, 5.74) is 5.87. The second-order valence-electron chi connectivity index (χ2n) is 4.23. The molecule has 0 N–H and O–H groups in total. The summed E-state index contributed by atoms with van der Waals surface area (Å²) in [6.07, 6.45) is 3.25. The second-order valence-corrected chi connectivity index (χ2v) is 4.91. The van der Waals surface area contributed by atoms with Crippen LogP contribution in [0.3, 0.4) is 0 Å². The minimum atomic E-state index is 0. The van der Waals surface area contributed by atoms with E-state index in [4.69, 9.17) is 4.42 Å². The Hall–Kier alpha value is -1.22. The van der Waals surface area contributed by atoms with Crippen molar-refractivity contribution in [3.05, 3.63) is 52.5 Å². The van der Waals surface area contributed by atoms with Crippen molar-refractivity contribution >= 4 is 11.3 Å². The largest absolute Gasteiger partial charge is 0.489 e. The molecule has 2 heterocycles. The average molecular weight is 447 g/mol. The Morgan fingerprint density at radius 3 is 2.58 bits per heavy atom. The van der Waals surface area contributed by atoms with Crippen LogP contribution in [-0.4, -0.2) is 4.98 Å². The van der Waals surface area contributed by atoms with Crippen LogP contribution in [0.2, 0.25) is 0 Å². The van der Waals surface area contributed by atoms with Crippen molar-refractivity contribution in [2.24, 2.45) is 0 Å². The maximum absolute atomic E-state index is 5.38. The normalized spacial score (nSPS) is 10.2. The summed E-state index contributed by atoms with van der Waals surface area (Å²) in [5, 5.41) is 5.35. The molecule has 0 spiro atoms. The van der Waals surface area contributed by atoms with Gasteiger partial charge in [-0.05, 0) is 13.8 Å². The van der Waals surface area contributed by atoms with Gasteiger partial charge in [0.25, 0.3) is 0 Å². The van der Waals surface area contributed by atoms with Gasteiger partial charge in [-0.15, -0.1) is 10.9 Å². The molecule has 19 heavy (non-hydrogen) atoms. The molecule has 0 unspecified atom stereocenters. The summed E-state index contributed by atoms with van der Waals surface area (Å²) in [7, 11) is 0. The first-order valence-corrected chi connectivity index (χ1v) is 6.61. The van der Waals surface area contributed by atoms with Gasteiger partial charge >= 0.3 is 0 Å². The van der Waals surface area contributed by atoms with Gasteiger partial charge in [-0.3, -0.25) is 16.3 Å². The summed E-state index contributed by atoms with van der Waals surface area (Å²) >= 11 is 1.55. The summed E-state index contributed by atoms with van der Waals surface area (Å²) < 4.78 is 5.38. The molecule has 0 atom stereocenters. The molecule has 0 amide bonds. The standard InChI is InChI=1S/C15H12NOS.Ir/c1-10-4-3-5-11(2)14(10)12-8-18-9-13(12)15-16-6-7-17-15;/h3-8H,1-2H3;/q-1;. The van der Waals surface area contributed by atoms with E-state index in [9.17, 15) is 0 Å². The molecule has 2 aromatic heterocycles. The summed E-state index contributed by atoms with van der Waals surface area (Å²) in [6, 6.07) is 6.33. The Balaban J connectivity index is 0.00000133. The Bertz CT molecular complexity index is 653. The molecule has 4 heteroatoms. The van der Waals surface area contributed by atoms with Gasteiger partial charge in [0.05, 0.1) is 12.5 Å². The number of benzene rings is 1. The minimum Gasteiger partial charge on any atom is -0.489 e. The zero-order valence-electron chi connectivity index (χ0n) is 10.6. The molecule has 1 aromatic carbocycles. The average Bonchev–Trinajstić information content (AvgIpc) is 2.98. The molecule has 2 nitrogen and oxygen atoms in total. The number of nitrogens with zero attached hydrogens (tertiary/aromatic N) is 1. The van der Waals surface area contributed by atoms with Gasteiger partial charge < -0.3 is 4.42 Å². The molecule has 0 aliphatic rings. The Morgan fingerprint density at radius 2 is 1.95 bits per heavy atom. The van der Waals surface area contributed by atoms with Gasteiger partial charge in [0.15, 0.2) is 0 Å². The van der Waals surface area contributed by atoms with E-state index in [-0.39, 0.29) is 20.1 Å². The van der Waals surface area contributed by atoms with Gasteiger partial charge in [-0.1, -0.05) is 45.8 Å². The van der Waals surface area contributed by atoms with Gasteiger partial charge in [0.1, 0.15) is 5.89 Å². The molecule has 0 fully saturated rings. The van der Waals surface area contributed by atoms with E-state index in [0.717, 1.165) is 11.1 Å². The quantitative estimate of drug-likeness (QED) is 0.543. The molecule has 0 bridgehead atoms. The molecule has 0 saturated heterocycles. The van der Waals surface area contributed by atoms with Crippen molar-refractivity contribution in [2.75, 3.05) is 0 Å². The van der Waals surface area contributed by atoms with E-state index in [1.54, 1.807) is 23.8 Å². The Labute approximate surface area is 129 Å². The van der Waals surface area contributed by atoms with Crippen LogP contribution in [0.15, 0.2) is 40.5 Å². The third kappa shape index (κ3) is 2.57. The van der Waals surface area contributed by atoms with Gasteiger partial charge in [0.2, 0.25) is 0 Å². The Morgan fingerprint density at radius 1 is 1.21 bits per heavy atom. The van der Waals surface area contributed by atoms with Crippen LogP contribution in [0.4, 0.5) is 0 Å². The minimum absolute atomic E-state index is 0. The summed E-state index contributed by atoms with van der Waals surface area (Å²) in [5.74, 6) is 0.633. The summed E-state index contributed by atoms with van der Waals surface area (Å²) in [4.78, 5) is 4.21. The van der Waals surface area contributed by atoms with E-state index in [2.05, 4.69) is 47.8 Å². The first-order chi connectivity index (χ1) is 8.77. The molecular formula is C15H12IrNOS-. The van der Waals surface area contributed by atoms with Crippen molar-refractivity contribution in [1.29, 1.82) is 0 Å². The van der Waals surface area contributed by atoms with Crippen LogP contribution in [0.1, 0.15) is 11.1 Å². The monoisotopic (exact) mass is 447 g/mol. The van der Waals surface area contributed by atoms with E-state index >= 15 is 0 Å².